The third kappa shape index (κ3) is 3.74. The molecule has 1 aliphatic rings. The van der Waals surface area contributed by atoms with E-state index in [1.165, 1.54) is 0 Å². The van der Waals surface area contributed by atoms with E-state index in [2.05, 4.69) is 28.4 Å². The first-order chi connectivity index (χ1) is 13.8. The molecule has 2 amide bonds. The maximum Gasteiger partial charge on any atom is 0.321 e. The number of anilines is 2. The van der Waals surface area contributed by atoms with Gasteiger partial charge >= 0.3 is 6.03 Å². The van der Waals surface area contributed by atoms with Gasteiger partial charge < -0.3 is 19.9 Å². The van der Waals surface area contributed by atoms with Crippen molar-refractivity contribution in [2.24, 2.45) is 0 Å². The van der Waals surface area contributed by atoms with Crippen molar-refractivity contribution in [1.82, 2.24) is 4.90 Å². The number of piperazine rings is 1. The Labute approximate surface area is 165 Å². The molecule has 1 fully saturated rings. The van der Waals surface area contributed by atoms with Crippen LogP contribution in [0, 0.1) is 0 Å². The zero-order valence-electron chi connectivity index (χ0n) is 16.1. The van der Waals surface area contributed by atoms with Gasteiger partial charge in [-0.1, -0.05) is 48.5 Å². The second-order valence-corrected chi connectivity index (χ2v) is 6.83. The van der Waals surface area contributed by atoms with Gasteiger partial charge in [-0.05, 0) is 30.5 Å². The molecule has 1 heterocycles. The van der Waals surface area contributed by atoms with Gasteiger partial charge in [0.15, 0.2) is 0 Å². The number of amides is 2. The van der Waals surface area contributed by atoms with Crippen LogP contribution in [-0.2, 0) is 0 Å². The number of carbonyl (C=O) groups excluding carboxylic acids is 1. The normalized spacial score (nSPS) is 14.2. The second-order valence-electron chi connectivity index (χ2n) is 6.83. The molecular weight excluding hydrogens is 350 g/mol. The summed E-state index contributed by atoms with van der Waals surface area (Å²) in [4.78, 5) is 17.0. The highest BCUT2D eigenvalue weighted by atomic mass is 16.5. The maximum atomic E-state index is 12.8. The zero-order valence-corrected chi connectivity index (χ0v) is 16.1. The lowest BCUT2D eigenvalue weighted by Crippen LogP contribution is -2.50. The fraction of sp³-hybridized carbons (Fsp3) is 0.261. The molecule has 3 aromatic rings. The third-order valence-electron chi connectivity index (χ3n) is 5.10. The average molecular weight is 375 g/mol. The quantitative estimate of drug-likeness (QED) is 0.725. The number of para-hydroxylation sites is 2. The standard InChI is InChI=1S/C23H25N3O2/c1-2-28-22-13-6-5-12-21(22)25-14-16-26(17-15-25)23(27)24-20-11-7-9-18-8-3-4-10-19(18)20/h3-13H,2,14-17H2,1H3,(H,24,27). The minimum Gasteiger partial charge on any atom is -0.492 e. The van der Waals surface area contributed by atoms with Gasteiger partial charge in [0.1, 0.15) is 5.75 Å². The second kappa shape index (κ2) is 8.21. The fourth-order valence-corrected chi connectivity index (χ4v) is 3.68. The van der Waals surface area contributed by atoms with Crippen molar-refractivity contribution in [2.45, 2.75) is 6.92 Å². The summed E-state index contributed by atoms with van der Waals surface area (Å²) >= 11 is 0. The molecule has 1 saturated heterocycles. The number of hydrogen-bond donors (Lipinski definition) is 1. The Morgan fingerprint density at radius 2 is 1.64 bits per heavy atom. The molecule has 0 aromatic heterocycles. The van der Waals surface area contributed by atoms with Crippen LogP contribution in [0.3, 0.4) is 0 Å². The lowest BCUT2D eigenvalue weighted by Gasteiger charge is -2.36. The minimum absolute atomic E-state index is 0.0471. The molecule has 0 unspecified atom stereocenters. The number of nitrogens with zero attached hydrogens (tertiary/aromatic N) is 2. The number of carbonyl (C=O) groups is 1. The van der Waals surface area contributed by atoms with Crippen LogP contribution in [0.25, 0.3) is 10.8 Å². The molecule has 0 aliphatic carbocycles. The molecule has 5 heteroatoms. The van der Waals surface area contributed by atoms with Gasteiger partial charge in [0.25, 0.3) is 0 Å². The van der Waals surface area contributed by atoms with Gasteiger partial charge in [0.05, 0.1) is 18.0 Å². The molecule has 1 N–H and O–H groups in total. The summed E-state index contributed by atoms with van der Waals surface area (Å²) in [7, 11) is 0. The maximum absolute atomic E-state index is 12.8. The first-order valence-electron chi connectivity index (χ1n) is 9.76. The van der Waals surface area contributed by atoms with E-state index >= 15 is 0 Å². The minimum atomic E-state index is -0.0471. The number of nitrogens with one attached hydrogen (secondary N) is 1. The summed E-state index contributed by atoms with van der Waals surface area (Å²) in [6, 6.07) is 22.1. The van der Waals surface area contributed by atoms with Crippen molar-refractivity contribution in [3.8, 4) is 5.75 Å². The Bertz CT molecular complexity index is 959. The predicted molar refractivity (Wildman–Crippen MR) is 114 cm³/mol. The van der Waals surface area contributed by atoms with Crippen molar-refractivity contribution in [3.63, 3.8) is 0 Å². The molecule has 0 bridgehead atoms. The highest BCUT2D eigenvalue weighted by molar-refractivity contribution is 6.01. The van der Waals surface area contributed by atoms with Crippen LogP contribution in [0.15, 0.2) is 66.7 Å². The Kier molecular flexibility index (Phi) is 5.33. The van der Waals surface area contributed by atoms with Crippen LogP contribution in [0.4, 0.5) is 16.2 Å². The molecule has 4 rings (SSSR count). The Balaban J connectivity index is 1.42. The molecule has 0 spiro atoms. The molecule has 0 saturated carbocycles. The number of urea groups is 1. The van der Waals surface area contributed by atoms with Crippen LogP contribution in [0.1, 0.15) is 6.92 Å². The number of rotatable bonds is 4. The Morgan fingerprint density at radius 1 is 0.929 bits per heavy atom. The fourth-order valence-electron chi connectivity index (χ4n) is 3.68. The van der Waals surface area contributed by atoms with Gasteiger partial charge in [0, 0.05) is 31.6 Å². The summed E-state index contributed by atoms with van der Waals surface area (Å²) in [5, 5.41) is 5.27. The van der Waals surface area contributed by atoms with E-state index in [1.807, 2.05) is 60.4 Å². The number of fused-ring (bicyclic) bond motifs is 1. The Hall–Kier alpha value is -3.21. The van der Waals surface area contributed by atoms with Crippen molar-refractivity contribution < 1.29 is 9.53 Å². The molecule has 0 atom stereocenters. The summed E-state index contributed by atoms with van der Waals surface area (Å²) in [5.74, 6) is 0.902. The monoisotopic (exact) mass is 375 g/mol. The average Bonchev–Trinajstić information content (AvgIpc) is 2.75. The van der Waals surface area contributed by atoms with Crippen LogP contribution in [-0.4, -0.2) is 43.7 Å². The third-order valence-corrected chi connectivity index (χ3v) is 5.10. The van der Waals surface area contributed by atoms with E-state index in [1.54, 1.807) is 0 Å². The topological polar surface area (TPSA) is 44.8 Å². The molecule has 5 nitrogen and oxygen atoms in total. The number of ether oxygens (including phenoxy) is 1. The van der Waals surface area contributed by atoms with Crippen LogP contribution in [0.5, 0.6) is 5.75 Å². The van der Waals surface area contributed by atoms with Gasteiger partial charge in [-0.3, -0.25) is 0 Å². The van der Waals surface area contributed by atoms with Crippen LogP contribution in [0.2, 0.25) is 0 Å². The first-order valence-corrected chi connectivity index (χ1v) is 9.76. The summed E-state index contributed by atoms with van der Waals surface area (Å²) in [5.41, 5.74) is 1.95. The lowest BCUT2D eigenvalue weighted by molar-refractivity contribution is 0.208. The van der Waals surface area contributed by atoms with E-state index in [0.717, 1.165) is 41.0 Å². The SMILES string of the molecule is CCOc1ccccc1N1CCN(C(=O)Nc2cccc3ccccc23)CC1. The summed E-state index contributed by atoms with van der Waals surface area (Å²) in [6.45, 7) is 5.56. The summed E-state index contributed by atoms with van der Waals surface area (Å²) < 4.78 is 5.75. The van der Waals surface area contributed by atoms with E-state index in [0.29, 0.717) is 19.7 Å². The molecule has 3 aromatic carbocycles. The van der Waals surface area contributed by atoms with E-state index in [-0.39, 0.29) is 6.03 Å². The van der Waals surface area contributed by atoms with Crippen molar-refractivity contribution in [3.05, 3.63) is 66.7 Å². The van der Waals surface area contributed by atoms with E-state index in [4.69, 9.17) is 4.74 Å². The highest BCUT2D eigenvalue weighted by Crippen LogP contribution is 2.29. The smallest absolute Gasteiger partial charge is 0.321 e. The first kappa shape index (κ1) is 18.2. The van der Waals surface area contributed by atoms with Crippen molar-refractivity contribution in [1.29, 1.82) is 0 Å². The lowest BCUT2D eigenvalue weighted by atomic mass is 10.1. The highest BCUT2D eigenvalue weighted by Gasteiger charge is 2.23. The largest absolute Gasteiger partial charge is 0.492 e. The van der Waals surface area contributed by atoms with E-state index < -0.39 is 0 Å². The van der Waals surface area contributed by atoms with Crippen molar-refractivity contribution in [2.75, 3.05) is 43.0 Å². The predicted octanol–water partition coefficient (Wildman–Crippen LogP) is 4.59. The zero-order chi connectivity index (χ0) is 19.3. The molecule has 1 aliphatic heterocycles. The van der Waals surface area contributed by atoms with Gasteiger partial charge in [-0.2, -0.15) is 0 Å². The molecule has 0 radical (unpaired) electrons. The van der Waals surface area contributed by atoms with E-state index in [9.17, 15) is 4.79 Å². The van der Waals surface area contributed by atoms with Crippen molar-refractivity contribution >= 4 is 28.2 Å². The Morgan fingerprint density at radius 3 is 2.46 bits per heavy atom. The van der Waals surface area contributed by atoms with Gasteiger partial charge in [-0.15, -0.1) is 0 Å². The van der Waals surface area contributed by atoms with Gasteiger partial charge in [0.2, 0.25) is 0 Å². The number of benzene rings is 3. The van der Waals surface area contributed by atoms with Gasteiger partial charge in [-0.25, -0.2) is 4.79 Å². The molecule has 144 valence electrons. The molecule has 28 heavy (non-hydrogen) atoms. The summed E-state index contributed by atoms with van der Waals surface area (Å²) in [6.07, 6.45) is 0. The molecular formula is C23H25N3O2. The van der Waals surface area contributed by atoms with Crippen LogP contribution >= 0.6 is 0 Å². The number of hydrogen-bond acceptors (Lipinski definition) is 3. The van der Waals surface area contributed by atoms with Crippen LogP contribution < -0.4 is 15.0 Å².